The zero-order valence-corrected chi connectivity index (χ0v) is 11.8. The first-order valence-corrected chi connectivity index (χ1v) is 7.06. The molecule has 6 nitrogen and oxygen atoms in total. The summed E-state index contributed by atoms with van der Waals surface area (Å²) in [7, 11) is 3.71. The van der Waals surface area contributed by atoms with Crippen LogP contribution in [0.15, 0.2) is 17.6 Å². The van der Waals surface area contributed by atoms with E-state index >= 15 is 0 Å². The smallest absolute Gasteiger partial charge is 0.161 e. The lowest BCUT2D eigenvalue weighted by Gasteiger charge is -2.40. The molecule has 6 atom stereocenters. The molecule has 2 rings (SSSR count). The molecule has 2 heterocycles. The molecule has 0 aromatic rings. The second kappa shape index (κ2) is 5.80. The topological polar surface area (TPSA) is 85.5 Å². The molecule has 7 heteroatoms. The minimum atomic E-state index is -1.15. The molecule has 1 saturated heterocycles. The van der Waals surface area contributed by atoms with Crippen LogP contribution in [-0.2, 0) is 4.74 Å². The molecule has 0 aromatic carbocycles. The molecule has 0 aromatic heterocycles. The van der Waals surface area contributed by atoms with Crippen molar-refractivity contribution in [2.45, 2.75) is 42.3 Å². The molecule has 0 aliphatic carbocycles. The number of amidine groups is 1. The highest BCUT2D eigenvalue weighted by molar-refractivity contribution is 8.14. The molecular weight excluding hydrogens is 268 g/mol. The van der Waals surface area contributed by atoms with Crippen LogP contribution in [0.2, 0.25) is 0 Å². The largest absolute Gasteiger partial charge is 0.390 e. The Balaban J connectivity index is 2.12. The molecule has 0 radical (unpaired) electrons. The number of hydrogen-bond donors (Lipinski definition) is 3. The second-order valence-corrected chi connectivity index (χ2v) is 6.02. The lowest BCUT2D eigenvalue weighted by molar-refractivity contribution is -0.184. The maximum absolute atomic E-state index is 10.1. The summed E-state index contributed by atoms with van der Waals surface area (Å²) in [5.41, 5.74) is -0.375. The van der Waals surface area contributed by atoms with E-state index in [1.807, 2.05) is 19.0 Å². The lowest BCUT2D eigenvalue weighted by Crippen LogP contribution is -2.58. The highest BCUT2D eigenvalue weighted by atomic mass is 32.2. The zero-order chi connectivity index (χ0) is 14.2. The van der Waals surface area contributed by atoms with Crippen molar-refractivity contribution in [2.75, 3.05) is 14.1 Å². The summed E-state index contributed by atoms with van der Waals surface area (Å²) >= 11 is 1.39. The van der Waals surface area contributed by atoms with Crippen molar-refractivity contribution in [3.05, 3.63) is 12.7 Å². The van der Waals surface area contributed by atoms with Gasteiger partial charge in [-0.15, -0.1) is 6.58 Å². The molecule has 19 heavy (non-hydrogen) atoms. The third-order valence-corrected chi connectivity index (χ3v) is 4.56. The first-order chi connectivity index (χ1) is 8.95. The number of nitrogens with zero attached hydrogens (tertiary/aromatic N) is 2. The van der Waals surface area contributed by atoms with E-state index in [2.05, 4.69) is 11.6 Å². The van der Waals surface area contributed by atoms with E-state index in [4.69, 9.17) is 4.74 Å². The Morgan fingerprint density at radius 1 is 1.47 bits per heavy atom. The Morgan fingerprint density at radius 2 is 2.16 bits per heavy atom. The van der Waals surface area contributed by atoms with Gasteiger partial charge in [0.2, 0.25) is 0 Å². The summed E-state index contributed by atoms with van der Waals surface area (Å²) in [5.74, 6) is 0. The summed E-state index contributed by atoms with van der Waals surface area (Å²) < 4.78 is 5.70. The van der Waals surface area contributed by atoms with Crippen molar-refractivity contribution in [1.29, 1.82) is 0 Å². The van der Waals surface area contributed by atoms with E-state index < -0.39 is 30.5 Å². The first kappa shape index (κ1) is 14.8. The van der Waals surface area contributed by atoms with E-state index in [-0.39, 0.29) is 5.44 Å². The zero-order valence-electron chi connectivity index (χ0n) is 11.0. The van der Waals surface area contributed by atoms with Crippen LogP contribution >= 0.6 is 11.8 Å². The average Bonchev–Trinajstić information content (AvgIpc) is 2.78. The van der Waals surface area contributed by atoms with Crippen LogP contribution in [0.4, 0.5) is 0 Å². The molecule has 1 unspecified atom stereocenters. The normalized spacial score (nSPS) is 39.4. The number of rotatable bonds is 3. The molecule has 1 fully saturated rings. The van der Waals surface area contributed by atoms with Crippen molar-refractivity contribution in [1.82, 2.24) is 4.90 Å². The minimum absolute atomic E-state index is 0.303. The van der Waals surface area contributed by atoms with Gasteiger partial charge in [-0.05, 0) is 6.42 Å². The van der Waals surface area contributed by atoms with E-state index in [1.165, 1.54) is 11.8 Å². The predicted octanol–water partition coefficient (Wildman–Crippen LogP) is -0.597. The molecule has 0 saturated carbocycles. The summed E-state index contributed by atoms with van der Waals surface area (Å²) in [6.07, 6.45) is -2.03. The standard InChI is InChI=1S/C12H20N2O4S/c1-4-5-6(15)10-9(17)8(16)7-11(18-10)19-12(13-7)14(2)3/h4,6-11,15-17H,1,5H2,2-3H3/t6?,7-,8-,9+,10-,11-/m1/s1. The van der Waals surface area contributed by atoms with Crippen LogP contribution in [0.1, 0.15) is 6.42 Å². The number of ether oxygens (including phenoxy) is 1. The van der Waals surface area contributed by atoms with Crippen LogP contribution in [0.5, 0.6) is 0 Å². The SMILES string of the molecule is C=CCC(O)[C@H]1O[C@@H]2SC(N(C)C)=N[C@@H]2[C@@H](O)[C@@H]1O. The van der Waals surface area contributed by atoms with Gasteiger partial charge in [0.25, 0.3) is 0 Å². The van der Waals surface area contributed by atoms with Crippen molar-refractivity contribution in [3.63, 3.8) is 0 Å². The van der Waals surface area contributed by atoms with Crippen molar-refractivity contribution in [3.8, 4) is 0 Å². The fourth-order valence-corrected chi connectivity index (χ4v) is 3.36. The molecule has 0 amide bonds. The quantitative estimate of drug-likeness (QED) is 0.602. The van der Waals surface area contributed by atoms with E-state index in [0.717, 1.165) is 5.17 Å². The highest BCUT2D eigenvalue weighted by Gasteiger charge is 2.50. The van der Waals surface area contributed by atoms with Gasteiger partial charge >= 0.3 is 0 Å². The summed E-state index contributed by atoms with van der Waals surface area (Å²) in [4.78, 5) is 6.18. The van der Waals surface area contributed by atoms with Crippen molar-refractivity contribution < 1.29 is 20.1 Å². The Labute approximate surface area is 116 Å². The fourth-order valence-electron chi connectivity index (χ4n) is 2.21. The van der Waals surface area contributed by atoms with Crippen molar-refractivity contribution >= 4 is 16.9 Å². The predicted molar refractivity (Wildman–Crippen MR) is 74.0 cm³/mol. The molecule has 108 valence electrons. The number of hydrogen-bond acceptors (Lipinski definition) is 7. The van der Waals surface area contributed by atoms with Gasteiger partial charge in [0.1, 0.15) is 29.8 Å². The van der Waals surface area contributed by atoms with Crippen LogP contribution in [0.25, 0.3) is 0 Å². The van der Waals surface area contributed by atoms with E-state index in [0.29, 0.717) is 6.42 Å². The summed E-state index contributed by atoms with van der Waals surface area (Å²) in [6.45, 7) is 3.55. The lowest BCUT2D eigenvalue weighted by atomic mass is 9.94. The Hall–Kier alpha value is -0.600. The van der Waals surface area contributed by atoms with Gasteiger partial charge in [-0.3, -0.25) is 4.99 Å². The molecule has 3 N–H and O–H groups in total. The Kier molecular flexibility index (Phi) is 4.52. The first-order valence-electron chi connectivity index (χ1n) is 6.18. The van der Waals surface area contributed by atoms with Crippen LogP contribution in [0.3, 0.4) is 0 Å². The second-order valence-electron chi connectivity index (χ2n) is 4.96. The average molecular weight is 288 g/mol. The third-order valence-electron chi connectivity index (χ3n) is 3.26. The summed E-state index contributed by atoms with van der Waals surface area (Å²) in [5, 5.41) is 30.9. The summed E-state index contributed by atoms with van der Waals surface area (Å²) in [6, 6.07) is -0.496. The molecular formula is C12H20N2O4S. The van der Waals surface area contributed by atoms with Gasteiger partial charge in [0, 0.05) is 14.1 Å². The number of aliphatic hydroxyl groups is 3. The molecule has 2 aliphatic rings. The Morgan fingerprint density at radius 3 is 2.74 bits per heavy atom. The van der Waals surface area contributed by atoms with E-state index in [1.54, 1.807) is 6.08 Å². The molecule has 0 bridgehead atoms. The maximum atomic E-state index is 10.1. The molecule has 0 spiro atoms. The van der Waals surface area contributed by atoms with Gasteiger partial charge in [0.15, 0.2) is 5.17 Å². The van der Waals surface area contributed by atoms with Gasteiger partial charge in [0.05, 0.1) is 6.10 Å². The van der Waals surface area contributed by atoms with Gasteiger partial charge in [-0.2, -0.15) is 0 Å². The Bertz CT molecular complexity index is 377. The number of thioether (sulfide) groups is 1. The van der Waals surface area contributed by atoms with Gasteiger partial charge in [-0.25, -0.2) is 0 Å². The van der Waals surface area contributed by atoms with Gasteiger partial charge < -0.3 is 25.0 Å². The number of aliphatic imine (C=N–C) groups is 1. The van der Waals surface area contributed by atoms with Gasteiger partial charge in [-0.1, -0.05) is 17.8 Å². The van der Waals surface area contributed by atoms with Crippen LogP contribution < -0.4 is 0 Å². The maximum Gasteiger partial charge on any atom is 0.161 e. The minimum Gasteiger partial charge on any atom is -0.390 e. The third kappa shape index (κ3) is 2.80. The number of aliphatic hydroxyl groups excluding tert-OH is 3. The number of fused-ring (bicyclic) bond motifs is 1. The fraction of sp³-hybridized carbons (Fsp3) is 0.750. The highest BCUT2D eigenvalue weighted by Crippen LogP contribution is 2.37. The van der Waals surface area contributed by atoms with E-state index in [9.17, 15) is 15.3 Å². The van der Waals surface area contributed by atoms with Crippen LogP contribution in [0, 0.1) is 0 Å². The molecule has 2 aliphatic heterocycles. The van der Waals surface area contributed by atoms with Crippen molar-refractivity contribution in [2.24, 2.45) is 4.99 Å². The van der Waals surface area contributed by atoms with Crippen LogP contribution in [-0.4, -0.2) is 75.4 Å². The monoisotopic (exact) mass is 288 g/mol.